The SMILES string of the molecule is C=Cn1c(C(=O)C(F)(F)F)ccc1-c1ccc(Br)cc1. The number of hydrogen-bond acceptors (Lipinski definition) is 1. The van der Waals surface area contributed by atoms with E-state index in [0.29, 0.717) is 11.3 Å². The third-order valence-corrected chi connectivity index (χ3v) is 3.26. The lowest BCUT2D eigenvalue weighted by molar-refractivity contribution is -0.0889. The molecule has 0 aliphatic rings. The Bertz CT molecular complexity index is 656. The molecule has 0 unspecified atom stereocenters. The highest BCUT2D eigenvalue weighted by molar-refractivity contribution is 9.10. The molecular weight excluding hydrogens is 335 g/mol. The van der Waals surface area contributed by atoms with Crippen LogP contribution < -0.4 is 0 Å². The standard InChI is InChI=1S/C14H9BrF3NO/c1-2-19-11(9-3-5-10(15)6-4-9)7-8-12(19)13(20)14(16,17)18/h2-8H,1H2. The Kier molecular flexibility index (Phi) is 3.85. The molecule has 0 saturated heterocycles. The molecule has 2 rings (SSSR count). The van der Waals surface area contributed by atoms with Crippen molar-refractivity contribution in [3.63, 3.8) is 0 Å². The zero-order valence-electron chi connectivity index (χ0n) is 10.1. The molecule has 0 atom stereocenters. The highest BCUT2D eigenvalue weighted by Crippen LogP contribution is 2.28. The maximum Gasteiger partial charge on any atom is 0.456 e. The van der Waals surface area contributed by atoms with Gasteiger partial charge in [-0.2, -0.15) is 13.2 Å². The molecule has 1 aromatic heterocycles. The van der Waals surface area contributed by atoms with Crippen LogP contribution in [0.4, 0.5) is 13.2 Å². The van der Waals surface area contributed by atoms with Gasteiger partial charge in [0.25, 0.3) is 5.78 Å². The van der Waals surface area contributed by atoms with Gasteiger partial charge >= 0.3 is 6.18 Å². The smallest absolute Gasteiger partial charge is 0.314 e. The predicted octanol–water partition coefficient (Wildman–Crippen LogP) is 4.76. The van der Waals surface area contributed by atoms with Crippen LogP contribution in [0.15, 0.2) is 47.4 Å². The molecule has 6 heteroatoms. The van der Waals surface area contributed by atoms with Crippen molar-refractivity contribution in [1.29, 1.82) is 0 Å². The number of carbonyl (C=O) groups excluding carboxylic acids is 1. The second-order valence-electron chi connectivity index (χ2n) is 3.99. The Labute approximate surface area is 121 Å². The summed E-state index contributed by atoms with van der Waals surface area (Å²) in [5.74, 6) is -1.89. The molecule has 0 saturated carbocycles. The van der Waals surface area contributed by atoms with Crippen LogP contribution in [0.3, 0.4) is 0 Å². The Morgan fingerprint density at radius 1 is 1.15 bits per heavy atom. The summed E-state index contributed by atoms with van der Waals surface area (Å²) < 4.78 is 39.5. The van der Waals surface area contributed by atoms with Crippen molar-refractivity contribution in [2.24, 2.45) is 0 Å². The van der Waals surface area contributed by atoms with Gasteiger partial charge < -0.3 is 4.57 Å². The second-order valence-corrected chi connectivity index (χ2v) is 4.91. The molecule has 20 heavy (non-hydrogen) atoms. The number of carbonyl (C=O) groups is 1. The van der Waals surface area contributed by atoms with Crippen LogP contribution in [-0.2, 0) is 0 Å². The fourth-order valence-electron chi connectivity index (χ4n) is 1.83. The van der Waals surface area contributed by atoms with E-state index in [1.165, 1.54) is 12.3 Å². The van der Waals surface area contributed by atoms with Crippen molar-refractivity contribution < 1.29 is 18.0 Å². The van der Waals surface area contributed by atoms with Crippen molar-refractivity contribution in [2.45, 2.75) is 6.18 Å². The average Bonchev–Trinajstić information content (AvgIpc) is 2.81. The number of benzene rings is 1. The summed E-state index contributed by atoms with van der Waals surface area (Å²) in [6.07, 6.45) is -3.72. The molecule has 1 aromatic carbocycles. The summed E-state index contributed by atoms with van der Waals surface area (Å²) in [6, 6.07) is 9.61. The molecule has 0 bridgehead atoms. The number of aromatic nitrogens is 1. The minimum Gasteiger partial charge on any atom is -0.314 e. The highest BCUT2D eigenvalue weighted by Gasteiger charge is 2.41. The van der Waals surface area contributed by atoms with Gasteiger partial charge in [0, 0.05) is 10.7 Å². The molecule has 1 heterocycles. The van der Waals surface area contributed by atoms with Crippen LogP contribution in [0.5, 0.6) is 0 Å². The normalized spacial score (nSPS) is 11.4. The summed E-state index contributed by atoms with van der Waals surface area (Å²) >= 11 is 3.28. The molecule has 2 nitrogen and oxygen atoms in total. The lowest BCUT2D eigenvalue weighted by Gasteiger charge is -2.09. The van der Waals surface area contributed by atoms with Gasteiger partial charge in [-0.3, -0.25) is 4.79 Å². The zero-order chi connectivity index (χ0) is 14.9. The Balaban J connectivity index is 2.53. The second kappa shape index (κ2) is 5.28. The van der Waals surface area contributed by atoms with Crippen LogP contribution in [0.2, 0.25) is 0 Å². The minimum atomic E-state index is -4.91. The Hall–Kier alpha value is -1.82. The highest BCUT2D eigenvalue weighted by atomic mass is 79.9. The van der Waals surface area contributed by atoms with Gasteiger partial charge in [0.2, 0.25) is 0 Å². The number of hydrogen-bond donors (Lipinski definition) is 0. The van der Waals surface area contributed by atoms with Gasteiger partial charge in [0.1, 0.15) is 0 Å². The molecule has 0 N–H and O–H groups in total. The fraction of sp³-hybridized carbons (Fsp3) is 0.0714. The number of Topliss-reactive ketones (excluding diaryl/α,β-unsaturated/α-hetero) is 1. The minimum absolute atomic E-state index is 0.453. The maximum absolute atomic E-state index is 12.5. The van der Waals surface area contributed by atoms with Crippen LogP contribution in [0.25, 0.3) is 17.5 Å². The van der Waals surface area contributed by atoms with Crippen LogP contribution in [-0.4, -0.2) is 16.5 Å². The van der Waals surface area contributed by atoms with Crippen molar-refractivity contribution in [2.75, 3.05) is 0 Å². The predicted molar refractivity (Wildman–Crippen MR) is 74.3 cm³/mol. The summed E-state index contributed by atoms with van der Waals surface area (Å²) in [4.78, 5) is 11.3. The molecule has 0 amide bonds. The molecule has 0 spiro atoms. The first-order chi connectivity index (χ1) is 9.34. The quantitative estimate of drug-likeness (QED) is 0.736. The topological polar surface area (TPSA) is 22.0 Å². The average molecular weight is 344 g/mol. The van der Waals surface area contributed by atoms with Crippen molar-refractivity contribution in [3.8, 4) is 11.3 Å². The van der Waals surface area contributed by atoms with E-state index in [2.05, 4.69) is 22.5 Å². The van der Waals surface area contributed by atoms with Crippen molar-refractivity contribution in [3.05, 3.63) is 53.1 Å². The third-order valence-electron chi connectivity index (χ3n) is 2.73. The summed E-state index contributed by atoms with van der Waals surface area (Å²) in [7, 11) is 0. The molecule has 0 aliphatic carbocycles. The third kappa shape index (κ3) is 2.70. The Morgan fingerprint density at radius 3 is 2.25 bits per heavy atom. The molecule has 0 aliphatic heterocycles. The number of rotatable bonds is 3. The van der Waals surface area contributed by atoms with Gasteiger partial charge in [-0.05, 0) is 29.8 Å². The summed E-state index contributed by atoms with van der Waals surface area (Å²) in [5, 5.41) is 0. The van der Waals surface area contributed by atoms with E-state index < -0.39 is 17.7 Å². The zero-order valence-corrected chi connectivity index (χ0v) is 11.7. The molecule has 0 radical (unpaired) electrons. The van der Waals surface area contributed by atoms with E-state index in [1.54, 1.807) is 24.3 Å². The van der Waals surface area contributed by atoms with Crippen LogP contribution >= 0.6 is 15.9 Å². The number of ketones is 1. The summed E-state index contributed by atoms with van der Waals surface area (Å²) in [6.45, 7) is 3.47. The lowest BCUT2D eigenvalue weighted by Crippen LogP contribution is -2.24. The van der Waals surface area contributed by atoms with E-state index in [1.807, 2.05) is 0 Å². The monoisotopic (exact) mass is 343 g/mol. The van der Waals surface area contributed by atoms with Crippen LogP contribution in [0, 0.1) is 0 Å². The molecule has 0 fully saturated rings. The van der Waals surface area contributed by atoms with Gasteiger partial charge in [-0.1, -0.05) is 34.6 Å². The van der Waals surface area contributed by atoms with Crippen molar-refractivity contribution in [1.82, 2.24) is 4.57 Å². The number of halogens is 4. The van der Waals surface area contributed by atoms with Gasteiger partial charge in [-0.15, -0.1) is 0 Å². The van der Waals surface area contributed by atoms with Gasteiger partial charge in [-0.25, -0.2) is 0 Å². The summed E-state index contributed by atoms with van der Waals surface area (Å²) in [5.41, 5.74) is 0.708. The van der Waals surface area contributed by atoms with E-state index >= 15 is 0 Å². The van der Waals surface area contributed by atoms with Crippen molar-refractivity contribution >= 4 is 27.9 Å². The molecule has 104 valence electrons. The van der Waals surface area contributed by atoms with Gasteiger partial charge in [0.05, 0.1) is 11.4 Å². The number of nitrogens with zero attached hydrogens (tertiary/aromatic N) is 1. The molecular formula is C14H9BrF3NO. The van der Waals surface area contributed by atoms with Crippen LogP contribution in [0.1, 0.15) is 10.5 Å². The van der Waals surface area contributed by atoms with E-state index in [9.17, 15) is 18.0 Å². The maximum atomic E-state index is 12.5. The van der Waals surface area contributed by atoms with E-state index in [0.717, 1.165) is 15.1 Å². The van der Waals surface area contributed by atoms with Gasteiger partial charge in [0.15, 0.2) is 0 Å². The van der Waals surface area contributed by atoms with E-state index in [-0.39, 0.29) is 0 Å². The number of alkyl halides is 3. The Morgan fingerprint density at radius 2 is 1.75 bits per heavy atom. The largest absolute Gasteiger partial charge is 0.456 e. The first kappa shape index (κ1) is 14.6. The lowest BCUT2D eigenvalue weighted by atomic mass is 10.1. The first-order valence-electron chi connectivity index (χ1n) is 5.56. The van der Waals surface area contributed by atoms with E-state index in [4.69, 9.17) is 0 Å². The fourth-order valence-corrected chi connectivity index (χ4v) is 2.10. The molecule has 2 aromatic rings. The first-order valence-corrected chi connectivity index (χ1v) is 6.35.